The summed E-state index contributed by atoms with van der Waals surface area (Å²) in [7, 11) is 0. The van der Waals surface area contributed by atoms with Crippen molar-refractivity contribution < 1.29 is 14.0 Å². The van der Waals surface area contributed by atoms with Crippen molar-refractivity contribution in [2.75, 3.05) is 10.6 Å². The quantitative estimate of drug-likeness (QED) is 0.785. The molecule has 0 unspecified atom stereocenters. The van der Waals surface area contributed by atoms with Crippen LogP contribution in [0.3, 0.4) is 0 Å². The van der Waals surface area contributed by atoms with E-state index in [9.17, 15) is 14.0 Å². The maximum absolute atomic E-state index is 13.6. The zero-order valence-corrected chi connectivity index (χ0v) is 13.9. The van der Waals surface area contributed by atoms with Crippen molar-refractivity contribution >= 4 is 45.2 Å². The van der Waals surface area contributed by atoms with E-state index in [0.717, 1.165) is 5.56 Å². The zero-order chi connectivity index (χ0) is 16.8. The van der Waals surface area contributed by atoms with Crippen molar-refractivity contribution in [2.24, 2.45) is 0 Å². The summed E-state index contributed by atoms with van der Waals surface area (Å²) in [6.07, 6.45) is 2.92. The van der Waals surface area contributed by atoms with Crippen LogP contribution < -0.4 is 10.6 Å². The van der Waals surface area contributed by atoms with E-state index in [0.29, 0.717) is 10.2 Å². The lowest BCUT2D eigenvalue weighted by Gasteiger charge is -2.04. The minimum Gasteiger partial charge on any atom is -0.326 e. The molecular formula is C17H14BrFN2O2. The van der Waals surface area contributed by atoms with E-state index in [2.05, 4.69) is 26.6 Å². The third-order valence-corrected chi connectivity index (χ3v) is 3.34. The fraction of sp³-hybridized carbons (Fsp3) is 0.0588. The highest BCUT2D eigenvalue weighted by Crippen LogP contribution is 2.19. The summed E-state index contributed by atoms with van der Waals surface area (Å²) >= 11 is 3.15. The molecule has 0 aliphatic heterocycles. The molecule has 0 bridgehead atoms. The van der Waals surface area contributed by atoms with E-state index in [1.165, 1.54) is 25.1 Å². The molecule has 0 aliphatic carbocycles. The summed E-state index contributed by atoms with van der Waals surface area (Å²) in [4.78, 5) is 22.7. The van der Waals surface area contributed by atoms with E-state index in [-0.39, 0.29) is 11.6 Å². The van der Waals surface area contributed by atoms with Crippen molar-refractivity contribution in [1.82, 2.24) is 0 Å². The van der Waals surface area contributed by atoms with Gasteiger partial charge in [0.05, 0.1) is 5.69 Å². The first kappa shape index (κ1) is 16.9. The van der Waals surface area contributed by atoms with Crippen molar-refractivity contribution in [3.05, 3.63) is 64.4 Å². The van der Waals surface area contributed by atoms with Gasteiger partial charge in [0.1, 0.15) is 5.82 Å². The second-order valence-corrected chi connectivity index (χ2v) is 5.67. The summed E-state index contributed by atoms with van der Waals surface area (Å²) in [5.74, 6) is -1.10. The Morgan fingerprint density at radius 3 is 2.39 bits per heavy atom. The second kappa shape index (κ2) is 7.69. The predicted molar refractivity (Wildman–Crippen MR) is 92.5 cm³/mol. The first-order chi connectivity index (χ1) is 10.9. The number of hydrogen-bond acceptors (Lipinski definition) is 2. The van der Waals surface area contributed by atoms with Gasteiger partial charge in [0.25, 0.3) is 0 Å². The van der Waals surface area contributed by atoms with Gasteiger partial charge in [-0.2, -0.15) is 0 Å². The number of amides is 2. The van der Waals surface area contributed by atoms with Crippen molar-refractivity contribution in [3.8, 4) is 0 Å². The number of nitrogens with one attached hydrogen (secondary N) is 2. The van der Waals surface area contributed by atoms with E-state index in [1.807, 2.05) is 0 Å². The Morgan fingerprint density at radius 1 is 1.09 bits per heavy atom. The molecule has 0 radical (unpaired) electrons. The number of halogens is 2. The van der Waals surface area contributed by atoms with Crippen LogP contribution in [0.2, 0.25) is 0 Å². The Morgan fingerprint density at radius 2 is 1.78 bits per heavy atom. The Bertz CT molecular complexity index is 758. The van der Waals surface area contributed by atoms with Gasteiger partial charge in [-0.25, -0.2) is 4.39 Å². The van der Waals surface area contributed by atoms with E-state index < -0.39 is 11.7 Å². The van der Waals surface area contributed by atoms with E-state index in [1.54, 1.807) is 36.4 Å². The number of carbonyl (C=O) groups excluding carboxylic acids is 2. The molecule has 0 saturated heterocycles. The van der Waals surface area contributed by atoms with Crippen LogP contribution in [-0.2, 0) is 9.59 Å². The molecule has 2 N–H and O–H groups in total. The molecule has 0 atom stereocenters. The monoisotopic (exact) mass is 376 g/mol. The number of rotatable bonds is 4. The van der Waals surface area contributed by atoms with Gasteiger partial charge in [0, 0.05) is 23.2 Å². The van der Waals surface area contributed by atoms with Crippen molar-refractivity contribution in [1.29, 1.82) is 0 Å². The van der Waals surface area contributed by atoms with Gasteiger partial charge in [-0.1, -0.05) is 28.1 Å². The molecule has 2 amide bonds. The van der Waals surface area contributed by atoms with Crippen molar-refractivity contribution in [2.45, 2.75) is 6.92 Å². The summed E-state index contributed by atoms with van der Waals surface area (Å²) in [5.41, 5.74) is 1.57. The van der Waals surface area contributed by atoms with E-state index in [4.69, 9.17) is 0 Å². The fourth-order valence-corrected chi connectivity index (χ4v) is 2.15. The van der Waals surface area contributed by atoms with Gasteiger partial charge in [-0.05, 0) is 42.0 Å². The van der Waals surface area contributed by atoms with Crippen LogP contribution in [0.4, 0.5) is 15.8 Å². The third kappa shape index (κ3) is 5.34. The standard InChI is InChI=1S/C17H14BrFN2O2/c1-11(22)20-14-6-2-12(3-7-14)4-9-17(23)21-16-8-5-13(18)10-15(16)19/h2-10H,1H3,(H,20,22)(H,21,23)/b9-4+. The number of carbonyl (C=O) groups is 2. The normalized spacial score (nSPS) is 10.6. The highest BCUT2D eigenvalue weighted by Gasteiger charge is 2.05. The van der Waals surface area contributed by atoms with Crippen molar-refractivity contribution in [3.63, 3.8) is 0 Å². The average Bonchev–Trinajstić information content (AvgIpc) is 2.49. The van der Waals surface area contributed by atoms with Crippen LogP contribution in [0.25, 0.3) is 6.08 Å². The lowest BCUT2D eigenvalue weighted by molar-refractivity contribution is -0.114. The molecule has 23 heavy (non-hydrogen) atoms. The highest BCUT2D eigenvalue weighted by molar-refractivity contribution is 9.10. The lowest BCUT2D eigenvalue weighted by Crippen LogP contribution is -2.09. The van der Waals surface area contributed by atoms with Crippen LogP contribution in [0.15, 0.2) is 53.0 Å². The van der Waals surface area contributed by atoms with Crippen LogP contribution in [0.1, 0.15) is 12.5 Å². The molecule has 6 heteroatoms. The maximum Gasteiger partial charge on any atom is 0.248 e. The zero-order valence-electron chi connectivity index (χ0n) is 12.3. The summed E-state index contributed by atoms with van der Waals surface area (Å²) in [5, 5.41) is 5.12. The van der Waals surface area contributed by atoms with Gasteiger partial charge in [0.15, 0.2) is 0 Å². The van der Waals surface area contributed by atoms with E-state index >= 15 is 0 Å². The highest BCUT2D eigenvalue weighted by atomic mass is 79.9. The first-order valence-electron chi connectivity index (χ1n) is 6.76. The molecule has 0 spiro atoms. The van der Waals surface area contributed by atoms with Gasteiger partial charge in [-0.15, -0.1) is 0 Å². The largest absolute Gasteiger partial charge is 0.326 e. The van der Waals surface area contributed by atoms with Gasteiger partial charge >= 0.3 is 0 Å². The van der Waals surface area contributed by atoms with Crippen LogP contribution in [0.5, 0.6) is 0 Å². The Hall–Kier alpha value is -2.47. The molecule has 2 aromatic carbocycles. The molecule has 118 valence electrons. The van der Waals surface area contributed by atoms with Crippen LogP contribution in [0, 0.1) is 5.82 Å². The smallest absolute Gasteiger partial charge is 0.248 e. The molecule has 2 rings (SSSR count). The first-order valence-corrected chi connectivity index (χ1v) is 7.55. The molecule has 0 heterocycles. The molecule has 2 aromatic rings. The predicted octanol–water partition coefficient (Wildman–Crippen LogP) is 4.20. The molecular weight excluding hydrogens is 363 g/mol. The summed E-state index contributed by atoms with van der Waals surface area (Å²) in [6.45, 7) is 1.43. The topological polar surface area (TPSA) is 58.2 Å². The number of benzene rings is 2. The Kier molecular flexibility index (Phi) is 5.65. The Balaban J connectivity index is 1.99. The molecule has 4 nitrogen and oxygen atoms in total. The average molecular weight is 377 g/mol. The van der Waals surface area contributed by atoms with Gasteiger partial charge < -0.3 is 10.6 Å². The fourth-order valence-electron chi connectivity index (χ4n) is 1.82. The molecule has 0 fully saturated rings. The number of anilines is 2. The summed E-state index contributed by atoms with van der Waals surface area (Å²) in [6, 6.07) is 11.4. The molecule has 0 saturated carbocycles. The summed E-state index contributed by atoms with van der Waals surface area (Å²) < 4.78 is 14.2. The van der Waals surface area contributed by atoms with Gasteiger partial charge in [0.2, 0.25) is 11.8 Å². The van der Waals surface area contributed by atoms with Gasteiger partial charge in [-0.3, -0.25) is 9.59 Å². The second-order valence-electron chi connectivity index (χ2n) is 4.75. The minimum absolute atomic E-state index is 0.115. The SMILES string of the molecule is CC(=O)Nc1ccc(/C=C/C(=O)Nc2ccc(Br)cc2F)cc1. The maximum atomic E-state index is 13.6. The van der Waals surface area contributed by atoms with Crippen LogP contribution >= 0.6 is 15.9 Å². The lowest BCUT2D eigenvalue weighted by atomic mass is 10.2. The molecule has 0 aliphatic rings. The number of hydrogen-bond donors (Lipinski definition) is 2. The Labute approximate surface area is 141 Å². The minimum atomic E-state index is -0.513. The van der Waals surface area contributed by atoms with Crippen LogP contribution in [-0.4, -0.2) is 11.8 Å². The third-order valence-electron chi connectivity index (χ3n) is 2.85. The molecule has 0 aromatic heterocycles.